The average molecular weight is 313 g/mol. The van der Waals surface area contributed by atoms with Gasteiger partial charge in [-0.25, -0.2) is 8.78 Å². The van der Waals surface area contributed by atoms with Gasteiger partial charge in [-0.3, -0.25) is 11.3 Å². The van der Waals surface area contributed by atoms with E-state index in [0.29, 0.717) is 16.3 Å². The first-order chi connectivity index (χ1) is 10.0. The van der Waals surface area contributed by atoms with Crippen LogP contribution in [0.1, 0.15) is 17.2 Å². The smallest absolute Gasteiger partial charge is 0.126 e. The maximum absolute atomic E-state index is 13.7. The highest BCUT2D eigenvalue weighted by atomic mass is 35.5. The normalized spacial score (nSPS) is 12.2. The van der Waals surface area contributed by atoms with Crippen molar-refractivity contribution in [2.75, 3.05) is 7.11 Å². The standard InChI is InChI=1S/C15H15ClF2N2O/c1-21-15-8-10(16)2-4-12(15)14(20-19)7-9-6-11(17)3-5-13(9)18/h2-6,8,14,20H,7,19H2,1H3. The maximum Gasteiger partial charge on any atom is 0.126 e. The van der Waals surface area contributed by atoms with Crippen molar-refractivity contribution in [1.29, 1.82) is 0 Å². The largest absolute Gasteiger partial charge is 0.496 e. The van der Waals surface area contributed by atoms with E-state index in [0.717, 1.165) is 18.2 Å². The number of ether oxygens (including phenoxy) is 1. The van der Waals surface area contributed by atoms with E-state index in [9.17, 15) is 8.78 Å². The summed E-state index contributed by atoms with van der Waals surface area (Å²) >= 11 is 5.91. The first-order valence-electron chi connectivity index (χ1n) is 6.28. The quantitative estimate of drug-likeness (QED) is 0.657. The molecule has 0 aromatic heterocycles. The summed E-state index contributed by atoms with van der Waals surface area (Å²) in [5.74, 6) is 5.10. The van der Waals surface area contributed by atoms with Gasteiger partial charge in [0.2, 0.25) is 0 Å². The van der Waals surface area contributed by atoms with E-state index in [1.165, 1.54) is 7.11 Å². The molecule has 0 spiro atoms. The zero-order valence-electron chi connectivity index (χ0n) is 11.4. The molecule has 3 N–H and O–H groups in total. The van der Waals surface area contributed by atoms with Gasteiger partial charge >= 0.3 is 0 Å². The van der Waals surface area contributed by atoms with Gasteiger partial charge in [0.25, 0.3) is 0 Å². The van der Waals surface area contributed by atoms with Crippen molar-refractivity contribution in [3.63, 3.8) is 0 Å². The minimum absolute atomic E-state index is 0.179. The highest BCUT2D eigenvalue weighted by molar-refractivity contribution is 6.30. The molecule has 0 fully saturated rings. The second kappa shape index (κ2) is 6.85. The fraction of sp³-hybridized carbons (Fsp3) is 0.200. The van der Waals surface area contributed by atoms with Crippen LogP contribution in [0.4, 0.5) is 8.78 Å². The average Bonchev–Trinajstić information content (AvgIpc) is 2.48. The monoisotopic (exact) mass is 312 g/mol. The minimum Gasteiger partial charge on any atom is -0.496 e. The Morgan fingerprint density at radius 1 is 1.24 bits per heavy atom. The lowest BCUT2D eigenvalue weighted by atomic mass is 9.98. The maximum atomic E-state index is 13.7. The molecule has 3 nitrogen and oxygen atoms in total. The summed E-state index contributed by atoms with van der Waals surface area (Å²) in [5.41, 5.74) is 3.54. The van der Waals surface area contributed by atoms with Gasteiger partial charge in [0, 0.05) is 10.6 Å². The minimum atomic E-state index is -0.495. The molecule has 0 heterocycles. The van der Waals surface area contributed by atoms with Crippen LogP contribution in [0.5, 0.6) is 5.75 Å². The molecule has 0 aliphatic rings. The first kappa shape index (κ1) is 15.7. The Kier molecular flexibility index (Phi) is 5.12. The van der Waals surface area contributed by atoms with Gasteiger partial charge in [-0.2, -0.15) is 0 Å². The van der Waals surface area contributed by atoms with Crippen molar-refractivity contribution >= 4 is 11.6 Å². The SMILES string of the molecule is COc1cc(Cl)ccc1C(Cc1cc(F)ccc1F)NN. The van der Waals surface area contributed by atoms with E-state index in [1.807, 2.05) is 0 Å². The van der Waals surface area contributed by atoms with E-state index < -0.39 is 17.7 Å². The number of hydrazine groups is 1. The molecule has 0 aliphatic carbocycles. The van der Waals surface area contributed by atoms with Crippen molar-refractivity contribution in [1.82, 2.24) is 5.43 Å². The Morgan fingerprint density at radius 3 is 2.67 bits per heavy atom. The molecule has 0 radical (unpaired) electrons. The highest BCUT2D eigenvalue weighted by Crippen LogP contribution is 2.30. The van der Waals surface area contributed by atoms with Gasteiger partial charge in [-0.15, -0.1) is 0 Å². The second-order valence-electron chi connectivity index (χ2n) is 4.55. The van der Waals surface area contributed by atoms with Crippen LogP contribution in [-0.4, -0.2) is 7.11 Å². The molecule has 1 atom stereocenters. The van der Waals surface area contributed by atoms with E-state index in [4.69, 9.17) is 22.2 Å². The lowest BCUT2D eigenvalue weighted by molar-refractivity contribution is 0.398. The number of nitrogens with two attached hydrogens (primary N) is 1. The van der Waals surface area contributed by atoms with Gasteiger partial charge in [-0.1, -0.05) is 17.7 Å². The lowest BCUT2D eigenvalue weighted by Crippen LogP contribution is -2.30. The van der Waals surface area contributed by atoms with Gasteiger partial charge in [0.15, 0.2) is 0 Å². The molecule has 0 saturated heterocycles. The zero-order valence-corrected chi connectivity index (χ0v) is 12.1. The fourth-order valence-corrected chi connectivity index (χ4v) is 2.31. The third-order valence-electron chi connectivity index (χ3n) is 3.20. The van der Waals surface area contributed by atoms with Crippen molar-refractivity contribution in [2.24, 2.45) is 5.84 Å². The van der Waals surface area contributed by atoms with Crippen molar-refractivity contribution < 1.29 is 13.5 Å². The van der Waals surface area contributed by atoms with Crippen molar-refractivity contribution in [2.45, 2.75) is 12.5 Å². The first-order valence-corrected chi connectivity index (χ1v) is 6.66. The summed E-state index contributed by atoms with van der Waals surface area (Å²) in [7, 11) is 1.51. The van der Waals surface area contributed by atoms with Crippen LogP contribution >= 0.6 is 11.6 Å². The predicted octanol–water partition coefficient (Wildman–Crippen LogP) is 3.37. The summed E-state index contributed by atoms with van der Waals surface area (Å²) < 4.78 is 32.2. The molecule has 6 heteroatoms. The van der Waals surface area contributed by atoms with Gasteiger partial charge in [0.1, 0.15) is 17.4 Å². The number of methoxy groups -OCH3 is 1. The molecule has 0 amide bonds. The summed E-state index contributed by atoms with van der Waals surface area (Å²) in [6, 6.07) is 7.96. The number of rotatable bonds is 5. The number of hydrogen-bond acceptors (Lipinski definition) is 3. The molecular weight excluding hydrogens is 298 g/mol. The van der Waals surface area contributed by atoms with Crippen LogP contribution in [0.25, 0.3) is 0 Å². The Hall–Kier alpha value is -1.69. The fourth-order valence-electron chi connectivity index (χ4n) is 2.15. The number of nitrogens with one attached hydrogen (secondary N) is 1. The third-order valence-corrected chi connectivity index (χ3v) is 3.44. The van der Waals surface area contributed by atoms with Gasteiger partial charge < -0.3 is 4.74 Å². The van der Waals surface area contributed by atoms with Crippen LogP contribution in [0, 0.1) is 11.6 Å². The highest BCUT2D eigenvalue weighted by Gasteiger charge is 2.18. The molecule has 1 unspecified atom stereocenters. The Labute approximate surface area is 126 Å². The summed E-state index contributed by atoms with van der Waals surface area (Å²) in [4.78, 5) is 0. The van der Waals surface area contributed by atoms with E-state index in [2.05, 4.69) is 5.43 Å². The summed E-state index contributed by atoms with van der Waals surface area (Å²) in [5, 5.41) is 0.517. The van der Waals surface area contributed by atoms with Gasteiger partial charge in [-0.05, 0) is 42.3 Å². The van der Waals surface area contributed by atoms with E-state index in [1.54, 1.807) is 18.2 Å². The molecule has 21 heavy (non-hydrogen) atoms. The van der Waals surface area contributed by atoms with E-state index in [-0.39, 0.29) is 12.0 Å². The topological polar surface area (TPSA) is 47.3 Å². The predicted molar refractivity (Wildman–Crippen MR) is 78.1 cm³/mol. The van der Waals surface area contributed by atoms with E-state index >= 15 is 0 Å². The number of halogens is 3. The van der Waals surface area contributed by atoms with Crippen LogP contribution < -0.4 is 16.0 Å². The molecule has 2 aromatic rings. The molecule has 112 valence electrons. The van der Waals surface area contributed by atoms with Crippen LogP contribution in [0.3, 0.4) is 0 Å². The summed E-state index contributed by atoms with van der Waals surface area (Å²) in [6.07, 6.45) is 0.179. The molecule has 0 aliphatic heterocycles. The molecule has 0 bridgehead atoms. The Bertz CT molecular complexity index is 637. The Morgan fingerprint density at radius 2 is 2.00 bits per heavy atom. The molecule has 2 aromatic carbocycles. The number of benzene rings is 2. The lowest BCUT2D eigenvalue weighted by Gasteiger charge is -2.19. The molecule has 0 saturated carbocycles. The molecular formula is C15H15ClF2N2O. The number of hydrogen-bond donors (Lipinski definition) is 2. The van der Waals surface area contributed by atoms with Crippen molar-refractivity contribution in [3.05, 3.63) is 64.2 Å². The summed E-state index contributed by atoms with van der Waals surface area (Å²) in [6.45, 7) is 0. The van der Waals surface area contributed by atoms with Gasteiger partial charge in [0.05, 0.1) is 13.2 Å². The van der Waals surface area contributed by atoms with Crippen LogP contribution in [-0.2, 0) is 6.42 Å². The van der Waals surface area contributed by atoms with Crippen molar-refractivity contribution in [3.8, 4) is 5.75 Å². The second-order valence-corrected chi connectivity index (χ2v) is 4.98. The molecule has 2 rings (SSSR count). The van der Waals surface area contributed by atoms with Crippen LogP contribution in [0.15, 0.2) is 36.4 Å². The zero-order chi connectivity index (χ0) is 15.4. The third kappa shape index (κ3) is 3.69. The Balaban J connectivity index is 2.34. The van der Waals surface area contributed by atoms with Crippen LogP contribution in [0.2, 0.25) is 5.02 Å².